The van der Waals surface area contributed by atoms with Gasteiger partial charge in [0.2, 0.25) is 0 Å². The number of carbonyl (C=O) groups excluding carboxylic acids is 2. The highest BCUT2D eigenvalue weighted by Crippen LogP contribution is 2.35. The molecule has 0 fully saturated rings. The smallest absolute Gasteiger partial charge is 0.305 e. The normalized spacial score (nSPS) is 19.5. The number of para-hydroxylation sites is 1. The molecule has 0 radical (unpaired) electrons. The number of esters is 1. The number of hydrogen-bond acceptors (Lipinski definition) is 4. The number of ether oxygens (including phenoxy) is 2. The van der Waals surface area contributed by atoms with E-state index in [4.69, 9.17) is 9.47 Å². The molecule has 0 aromatic heterocycles. The Bertz CT molecular complexity index is 744. The molecule has 2 atom stereocenters. The molecule has 3 rings (SSSR count). The number of amides is 1. The van der Waals surface area contributed by atoms with Crippen LogP contribution < -0.4 is 5.32 Å². The third-order valence-corrected chi connectivity index (χ3v) is 4.11. The molecule has 5 nitrogen and oxygen atoms in total. The molecule has 0 aliphatic carbocycles. The van der Waals surface area contributed by atoms with Crippen LogP contribution in [0.3, 0.4) is 0 Å². The van der Waals surface area contributed by atoms with Crippen LogP contribution in [0.5, 0.6) is 0 Å². The van der Waals surface area contributed by atoms with Gasteiger partial charge in [0.05, 0.1) is 6.61 Å². The van der Waals surface area contributed by atoms with Gasteiger partial charge >= 0.3 is 5.97 Å². The van der Waals surface area contributed by atoms with Crippen molar-refractivity contribution < 1.29 is 19.1 Å². The van der Waals surface area contributed by atoms with Gasteiger partial charge in [-0.15, -0.1) is 0 Å². The van der Waals surface area contributed by atoms with Gasteiger partial charge in [-0.25, -0.2) is 0 Å². The fourth-order valence-corrected chi connectivity index (χ4v) is 2.92. The van der Waals surface area contributed by atoms with Gasteiger partial charge in [0.25, 0.3) is 5.91 Å². The summed E-state index contributed by atoms with van der Waals surface area (Å²) in [5, 5.41) is 2.91. The molecule has 130 valence electrons. The average molecular weight is 339 g/mol. The van der Waals surface area contributed by atoms with E-state index in [1.807, 2.05) is 54.6 Å². The largest absolute Gasteiger partial charge is 0.466 e. The van der Waals surface area contributed by atoms with Crippen molar-refractivity contribution in [1.29, 1.82) is 0 Å². The highest BCUT2D eigenvalue weighted by atomic mass is 16.5. The van der Waals surface area contributed by atoms with Gasteiger partial charge in [-0.2, -0.15) is 0 Å². The molecule has 5 heteroatoms. The summed E-state index contributed by atoms with van der Waals surface area (Å²) in [5.41, 5.74) is 2.60. The van der Waals surface area contributed by atoms with E-state index in [9.17, 15) is 9.59 Å². The van der Waals surface area contributed by atoms with Crippen molar-refractivity contribution in [2.45, 2.75) is 32.0 Å². The van der Waals surface area contributed by atoms with Gasteiger partial charge in [0.1, 0.15) is 12.2 Å². The minimum Gasteiger partial charge on any atom is -0.466 e. The summed E-state index contributed by atoms with van der Waals surface area (Å²) >= 11 is 0. The maximum atomic E-state index is 12.5. The average Bonchev–Trinajstić information content (AvgIpc) is 2.77. The summed E-state index contributed by atoms with van der Waals surface area (Å²) < 4.78 is 11.1. The fraction of sp³-hybridized carbons (Fsp3) is 0.300. The maximum Gasteiger partial charge on any atom is 0.305 e. The Kier molecular flexibility index (Phi) is 5.46. The van der Waals surface area contributed by atoms with Gasteiger partial charge < -0.3 is 14.8 Å². The van der Waals surface area contributed by atoms with Gasteiger partial charge in [0, 0.05) is 17.7 Å². The Morgan fingerprint density at radius 2 is 1.84 bits per heavy atom. The third kappa shape index (κ3) is 4.06. The van der Waals surface area contributed by atoms with Crippen molar-refractivity contribution >= 4 is 17.6 Å². The summed E-state index contributed by atoms with van der Waals surface area (Å²) in [6, 6.07) is 17.4. The zero-order valence-corrected chi connectivity index (χ0v) is 14.1. The van der Waals surface area contributed by atoms with Gasteiger partial charge in [-0.3, -0.25) is 9.59 Å². The van der Waals surface area contributed by atoms with E-state index in [1.54, 1.807) is 6.92 Å². The molecule has 2 aromatic rings. The van der Waals surface area contributed by atoms with E-state index >= 15 is 0 Å². The van der Waals surface area contributed by atoms with Crippen LogP contribution in [0.2, 0.25) is 0 Å². The lowest BCUT2D eigenvalue weighted by atomic mass is 10.00. The Morgan fingerprint density at radius 3 is 2.60 bits per heavy atom. The zero-order chi connectivity index (χ0) is 17.6. The molecule has 1 aliphatic rings. The molecular formula is C20H21NO4. The number of benzene rings is 2. The zero-order valence-electron chi connectivity index (χ0n) is 14.1. The summed E-state index contributed by atoms with van der Waals surface area (Å²) in [5.74, 6) is -0.563. The number of fused-ring (bicyclic) bond motifs is 1. The van der Waals surface area contributed by atoms with E-state index in [1.165, 1.54) is 0 Å². The van der Waals surface area contributed by atoms with Crippen LogP contribution in [-0.4, -0.2) is 24.6 Å². The molecule has 1 amide bonds. The number of carbonyl (C=O) groups is 2. The van der Waals surface area contributed by atoms with Crippen molar-refractivity contribution in [2.24, 2.45) is 0 Å². The minimum absolute atomic E-state index is 0.143. The van der Waals surface area contributed by atoms with Crippen molar-refractivity contribution in [3.05, 3.63) is 65.7 Å². The molecule has 2 aromatic carbocycles. The third-order valence-electron chi connectivity index (χ3n) is 4.11. The monoisotopic (exact) mass is 339 g/mol. The first kappa shape index (κ1) is 17.2. The second-order valence-electron chi connectivity index (χ2n) is 5.84. The van der Waals surface area contributed by atoms with Crippen LogP contribution in [0.25, 0.3) is 0 Å². The topological polar surface area (TPSA) is 64.6 Å². The van der Waals surface area contributed by atoms with Crippen molar-refractivity contribution in [3.63, 3.8) is 0 Å². The summed E-state index contributed by atoms with van der Waals surface area (Å²) in [6.07, 6.45) is -0.670. The van der Waals surface area contributed by atoms with Crippen LogP contribution in [0.1, 0.15) is 37.0 Å². The first-order valence-electron chi connectivity index (χ1n) is 8.45. The standard InChI is InChI=1S/C20H21NO4/c1-2-24-18(22)13-12-17-20(23)21-16-11-7-6-10-15(16)19(25-17)14-8-4-3-5-9-14/h3-11,17,19H,2,12-13H2,1H3,(H,21,23). The van der Waals surface area contributed by atoms with Crippen molar-refractivity contribution in [3.8, 4) is 0 Å². The van der Waals surface area contributed by atoms with Crippen molar-refractivity contribution in [1.82, 2.24) is 0 Å². The second-order valence-corrected chi connectivity index (χ2v) is 5.84. The molecule has 0 bridgehead atoms. The lowest BCUT2D eigenvalue weighted by Gasteiger charge is -2.21. The lowest BCUT2D eigenvalue weighted by Crippen LogP contribution is -2.30. The molecule has 1 aliphatic heterocycles. The molecule has 0 spiro atoms. The Labute approximate surface area is 147 Å². The molecule has 0 saturated heterocycles. The minimum atomic E-state index is -0.720. The highest BCUT2D eigenvalue weighted by molar-refractivity contribution is 5.96. The van der Waals surface area contributed by atoms with E-state index < -0.39 is 6.10 Å². The molecule has 0 saturated carbocycles. The van der Waals surface area contributed by atoms with Crippen molar-refractivity contribution in [2.75, 3.05) is 11.9 Å². The molecule has 1 N–H and O–H groups in total. The van der Waals surface area contributed by atoms with Crippen LogP contribution in [0.4, 0.5) is 5.69 Å². The van der Waals surface area contributed by atoms with Gasteiger partial charge in [-0.1, -0.05) is 48.5 Å². The number of hydrogen-bond donors (Lipinski definition) is 1. The number of anilines is 1. The second kappa shape index (κ2) is 7.94. The predicted octanol–water partition coefficient (Wildman–Crippen LogP) is 3.46. The first-order chi connectivity index (χ1) is 12.2. The van der Waals surface area contributed by atoms with Crippen LogP contribution in [0.15, 0.2) is 54.6 Å². The molecule has 25 heavy (non-hydrogen) atoms. The fourth-order valence-electron chi connectivity index (χ4n) is 2.92. The maximum absolute atomic E-state index is 12.5. The van der Waals surface area contributed by atoms with E-state index in [0.717, 1.165) is 16.8 Å². The number of rotatable bonds is 5. The SMILES string of the molecule is CCOC(=O)CCC1OC(c2ccccc2)c2ccccc2NC1=O. The predicted molar refractivity (Wildman–Crippen MR) is 94.1 cm³/mol. The molecule has 2 unspecified atom stereocenters. The lowest BCUT2D eigenvalue weighted by molar-refractivity contribution is -0.144. The van der Waals surface area contributed by atoms with E-state index in [2.05, 4.69) is 5.32 Å². The summed E-state index contributed by atoms with van der Waals surface area (Å²) in [7, 11) is 0. The summed E-state index contributed by atoms with van der Waals surface area (Å²) in [4.78, 5) is 24.2. The van der Waals surface area contributed by atoms with Crippen LogP contribution >= 0.6 is 0 Å². The van der Waals surface area contributed by atoms with Crippen LogP contribution in [-0.2, 0) is 19.1 Å². The quantitative estimate of drug-likeness (QED) is 0.847. The van der Waals surface area contributed by atoms with E-state index in [-0.39, 0.29) is 30.8 Å². The molecule has 1 heterocycles. The Hall–Kier alpha value is -2.66. The molecular weight excluding hydrogens is 318 g/mol. The Morgan fingerprint density at radius 1 is 1.12 bits per heavy atom. The Balaban J connectivity index is 1.87. The van der Waals surface area contributed by atoms with Gasteiger partial charge in [0.15, 0.2) is 0 Å². The number of nitrogens with one attached hydrogen (secondary N) is 1. The summed E-state index contributed by atoms with van der Waals surface area (Å²) in [6.45, 7) is 2.09. The first-order valence-corrected chi connectivity index (χ1v) is 8.45. The highest BCUT2D eigenvalue weighted by Gasteiger charge is 2.31. The van der Waals surface area contributed by atoms with Gasteiger partial charge in [-0.05, 0) is 25.0 Å². The van der Waals surface area contributed by atoms with Crippen LogP contribution in [0, 0.1) is 0 Å². The van der Waals surface area contributed by atoms with E-state index in [0.29, 0.717) is 6.61 Å².